The normalized spacial score (nSPS) is 0. The summed E-state index contributed by atoms with van der Waals surface area (Å²) in [5.41, 5.74) is 0. The molecule has 0 aromatic heterocycles. The maximum absolute atomic E-state index is 0. The van der Waals surface area contributed by atoms with E-state index in [0.29, 0.717) is 0 Å². The van der Waals surface area contributed by atoms with Gasteiger partial charge in [0.15, 0.2) is 0 Å². The van der Waals surface area contributed by atoms with E-state index in [1.54, 1.807) is 0 Å². The van der Waals surface area contributed by atoms with Crippen molar-refractivity contribution in [2.75, 3.05) is 0 Å². The molecule has 0 bridgehead atoms. The molecule has 0 fully saturated rings. The van der Waals surface area contributed by atoms with E-state index in [9.17, 15) is 0 Å². The summed E-state index contributed by atoms with van der Waals surface area (Å²) in [6.45, 7) is 0. The summed E-state index contributed by atoms with van der Waals surface area (Å²) in [6, 6.07) is 0. The summed E-state index contributed by atoms with van der Waals surface area (Å²) < 4.78 is 0. The number of rotatable bonds is 0. The van der Waals surface area contributed by atoms with E-state index < -0.39 is 0 Å². The van der Waals surface area contributed by atoms with Crippen LogP contribution >= 0.6 is 0 Å². The van der Waals surface area contributed by atoms with E-state index in [1.807, 2.05) is 0 Å². The van der Waals surface area contributed by atoms with Gasteiger partial charge in [0.05, 0.1) is 0 Å². The second-order valence-corrected chi connectivity index (χ2v) is 0. The van der Waals surface area contributed by atoms with Crippen molar-refractivity contribution in [1.82, 2.24) is 0 Å². The molecule has 15 heteroatoms. The molecular formula is H18Na2O9W4. The van der Waals surface area contributed by atoms with Crippen molar-refractivity contribution in [3.63, 3.8) is 0 Å². The molecule has 0 rings (SSSR count). The molecule has 2 radical (unpaired) electrons. The van der Waals surface area contributed by atoms with Gasteiger partial charge in [0.2, 0.25) is 0 Å². The van der Waals surface area contributed by atoms with Gasteiger partial charge in [0, 0.05) is 143 Å². The Labute approximate surface area is 189 Å². The molecule has 0 heterocycles. The van der Waals surface area contributed by atoms with Crippen molar-refractivity contribution in [3.05, 3.63) is 0 Å². The van der Waals surface area contributed by atoms with Gasteiger partial charge in [0.1, 0.15) is 0 Å². The quantitative estimate of drug-likeness (QED) is 0.205. The molecule has 0 aromatic rings. The smallest absolute Gasteiger partial charge is 0 e. The van der Waals surface area contributed by atoms with Crippen LogP contribution in [0.15, 0.2) is 0 Å². The molecule has 0 aliphatic rings. The van der Waals surface area contributed by atoms with Crippen LogP contribution in [0.3, 0.4) is 0 Å². The fourth-order valence-electron chi connectivity index (χ4n) is 0. The first-order valence-electron chi connectivity index (χ1n) is 0. The van der Waals surface area contributed by atoms with Crippen LogP contribution in [0, 0.1) is 0 Å². The van der Waals surface area contributed by atoms with E-state index in [0.717, 1.165) is 0 Å². The summed E-state index contributed by atoms with van der Waals surface area (Å²) in [6.07, 6.45) is 0. The zero-order chi connectivity index (χ0) is 0. The molecule has 18 N–H and O–H groups in total. The molecule has 0 atom stereocenters. The minimum Gasteiger partial charge on any atom is -0.412 e. The Hall–Kier alpha value is 4.39. The molecule has 0 unspecified atom stereocenters. The average Bonchev–Trinajstić information content (AvgIpc) is 0. The first kappa shape index (κ1) is 340. The van der Waals surface area contributed by atoms with Crippen molar-refractivity contribution < 1.29 is 134 Å². The maximum atomic E-state index is 0. The van der Waals surface area contributed by atoms with Crippen molar-refractivity contribution in [1.29, 1.82) is 0 Å². The van der Waals surface area contributed by atoms with E-state index in [1.165, 1.54) is 0 Å². The molecule has 0 saturated carbocycles. The van der Waals surface area contributed by atoms with Crippen LogP contribution in [0.2, 0.25) is 0 Å². The average molecular weight is 943 g/mol. The van der Waals surface area contributed by atoms with Crippen LogP contribution in [0.4, 0.5) is 0 Å². The van der Waals surface area contributed by atoms with Crippen LogP contribution < -0.4 is 0 Å². The molecule has 9 nitrogen and oxygen atoms in total. The molecule has 0 amide bonds. The maximum Gasteiger partial charge on any atom is 0 e. The molecule has 15 heavy (non-hydrogen) atoms. The van der Waals surface area contributed by atoms with Crippen LogP contribution in [0.1, 0.15) is 0 Å². The standard InChI is InChI=1S/2Na.9H2O.4W/h;;9*1H2;;;;. The third-order valence-electron chi connectivity index (χ3n) is 0. The largest absolute Gasteiger partial charge is 0.412 e. The minimum absolute atomic E-state index is 0. The van der Waals surface area contributed by atoms with Gasteiger partial charge in [-0.15, -0.1) is 0 Å². The van der Waals surface area contributed by atoms with E-state index in [4.69, 9.17) is 0 Å². The molecule has 0 aromatic carbocycles. The summed E-state index contributed by atoms with van der Waals surface area (Å²) in [5.74, 6) is 0. The zero-order valence-corrected chi connectivity index (χ0v) is 23.9. The Bertz CT molecular complexity index is 20.1. The Morgan fingerprint density at radius 2 is 0.200 bits per heavy atom. The second-order valence-electron chi connectivity index (χ2n) is 0. The van der Waals surface area contributed by atoms with Gasteiger partial charge in [0.25, 0.3) is 0 Å². The van der Waals surface area contributed by atoms with Gasteiger partial charge < -0.3 is 49.3 Å². The van der Waals surface area contributed by atoms with E-state index in [2.05, 4.69) is 0 Å². The van der Waals surface area contributed by atoms with Crippen LogP contribution in [-0.4, -0.2) is 108 Å². The van der Waals surface area contributed by atoms with Gasteiger partial charge >= 0.3 is 0 Å². The van der Waals surface area contributed by atoms with E-state index in [-0.39, 0.29) is 193 Å². The van der Waals surface area contributed by atoms with E-state index >= 15 is 0 Å². The second kappa shape index (κ2) is 288. The summed E-state index contributed by atoms with van der Waals surface area (Å²) in [5, 5.41) is 0. The number of hydrogen-bond acceptors (Lipinski definition) is 0. The molecular weight excluding hydrogens is 925 g/mol. The topological polar surface area (TPSA) is 284 Å². The fraction of sp³-hybridized carbons (Fsp3) is 0. The molecule has 98 valence electrons. The van der Waals surface area contributed by atoms with Crippen LogP contribution in [0.5, 0.6) is 0 Å². The van der Waals surface area contributed by atoms with Gasteiger partial charge in [-0.25, -0.2) is 0 Å². The first-order valence-corrected chi connectivity index (χ1v) is 0. The number of hydrogen-bond donors (Lipinski definition) is 0. The molecule has 0 aliphatic heterocycles. The fourth-order valence-corrected chi connectivity index (χ4v) is 0. The third-order valence-corrected chi connectivity index (χ3v) is 0. The Morgan fingerprint density at radius 1 is 0.200 bits per heavy atom. The van der Waals surface area contributed by atoms with Gasteiger partial charge in [-0.1, -0.05) is 0 Å². The summed E-state index contributed by atoms with van der Waals surface area (Å²) in [7, 11) is 0. The van der Waals surface area contributed by atoms with Gasteiger partial charge in [-0.2, -0.15) is 0 Å². The SMILES string of the molecule is O.O.O.O.O.O.O.O.O.[Na].[Na].[W].[W].[W].[W]. The van der Waals surface area contributed by atoms with Gasteiger partial charge in [-0.05, 0) is 0 Å². The van der Waals surface area contributed by atoms with Crippen LogP contribution in [0.25, 0.3) is 0 Å². The van der Waals surface area contributed by atoms with Crippen molar-refractivity contribution in [3.8, 4) is 0 Å². The Morgan fingerprint density at radius 3 is 0.200 bits per heavy atom. The monoisotopic (exact) mass is 944 g/mol. The Balaban J connectivity index is 0. The Kier molecular flexibility index (Phi) is 6530. The third kappa shape index (κ3) is 256. The van der Waals surface area contributed by atoms with Crippen molar-refractivity contribution in [2.45, 2.75) is 0 Å². The summed E-state index contributed by atoms with van der Waals surface area (Å²) >= 11 is 0. The minimum atomic E-state index is 0. The predicted molar refractivity (Wildman–Crippen MR) is 44.0 cm³/mol. The van der Waals surface area contributed by atoms with Crippen LogP contribution in [-0.2, 0) is 84.3 Å². The van der Waals surface area contributed by atoms with Crippen molar-refractivity contribution >= 4 is 59.1 Å². The predicted octanol–water partition coefficient (Wildman–Crippen LogP) is -8.19. The van der Waals surface area contributed by atoms with Gasteiger partial charge in [-0.3, -0.25) is 0 Å². The summed E-state index contributed by atoms with van der Waals surface area (Å²) in [4.78, 5) is 0. The zero-order valence-electron chi connectivity index (χ0n) is 8.13. The van der Waals surface area contributed by atoms with Crippen molar-refractivity contribution in [2.24, 2.45) is 0 Å². The first-order chi connectivity index (χ1) is 0. The molecule has 0 aliphatic carbocycles. The molecule has 0 spiro atoms. The molecule has 0 saturated heterocycles.